The van der Waals surface area contributed by atoms with Gasteiger partial charge in [0, 0.05) is 19.3 Å². The average Bonchev–Trinajstić information content (AvgIpc) is 2.52. The van der Waals surface area contributed by atoms with E-state index >= 15 is 0 Å². The van der Waals surface area contributed by atoms with Crippen LogP contribution in [0.1, 0.15) is 26.5 Å². The predicted octanol–water partition coefficient (Wildman–Crippen LogP) is 2.20. The zero-order chi connectivity index (χ0) is 17.1. The second kappa shape index (κ2) is 7.25. The molecule has 1 unspecified atom stereocenters. The van der Waals surface area contributed by atoms with Gasteiger partial charge in [0.25, 0.3) is 0 Å². The second-order valence-corrected chi connectivity index (χ2v) is 12.3. The van der Waals surface area contributed by atoms with Gasteiger partial charge in [0.05, 0.1) is 31.6 Å². The summed E-state index contributed by atoms with van der Waals surface area (Å²) in [5.74, 6) is 0.683. The van der Waals surface area contributed by atoms with Crippen LogP contribution in [0.4, 0.5) is 5.95 Å². The number of rotatable bonds is 5. The van der Waals surface area contributed by atoms with E-state index in [1.165, 1.54) is 0 Å². The number of aliphatic hydroxyl groups excluding tert-OH is 1. The molecule has 1 N–H and O–H groups in total. The minimum Gasteiger partial charge on any atom is -0.411 e. The summed E-state index contributed by atoms with van der Waals surface area (Å²) in [6.07, 6.45) is 1.61. The van der Waals surface area contributed by atoms with Crippen LogP contribution in [0, 0.1) is 0 Å². The van der Waals surface area contributed by atoms with Crippen LogP contribution < -0.4 is 4.90 Å². The van der Waals surface area contributed by atoms with E-state index in [0.29, 0.717) is 25.7 Å². The monoisotopic (exact) mass is 339 g/mol. The summed E-state index contributed by atoms with van der Waals surface area (Å²) >= 11 is 0. The lowest BCUT2D eigenvalue weighted by molar-refractivity contribution is 0.00312. The Hall–Kier alpha value is -1.02. The molecule has 1 atom stereocenters. The molecule has 1 aromatic heterocycles. The van der Waals surface area contributed by atoms with E-state index in [1.54, 1.807) is 6.20 Å². The number of aromatic nitrogens is 2. The molecule has 1 saturated heterocycles. The lowest BCUT2D eigenvalue weighted by Gasteiger charge is -2.36. The van der Waals surface area contributed by atoms with Crippen LogP contribution in [-0.2, 0) is 15.8 Å². The molecule has 0 amide bonds. The molecular formula is C16H29N3O3Si. The molecule has 1 fully saturated rings. The molecule has 0 bridgehead atoms. The lowest BCUT2D eigenvalue weighted by Crippen LogP contribution is -2.45. The molecule has 1 aliphatic heterocycles. The zero-order valence-electron chi connectivity index (χ0n) is 14.9. The molecule has 2 rings (SSSR count). The molecular weight excluding hydrogens is 310 g/mol. The van der Waals surface area contributed by atoms with Gasteiger partial charge in [0.15, 0.2) is 8.32 Å². The van der Waals surface area contributed by atoms with Crippen molar-refractivity contribution in [1.29, 1.82) is 0 Å². The largest absolute Gasteiger partial charge is 0.411 e. The molecule has 7 heteroatoms. The Morgan fingerprint density at radius 1 is 1.43 bits per heavy atom. The van der Waals surface area contributed by atoms with Crippen LogP contribution in [0.15, 0.2) is 12.3 Å². The SMILES string of the molecule is CC(C)(C)[Si](C)(C)OCc1ccnc(N2CCOC(CO)C2)n1. The van der Waals surface area contributed by atoms with Crippen LogP contribution in [0.5, 0.6) is 0 Å². The van der Waals surface area contributed by atoms with E-state index < -0.39 is 8.32 Å². The third-order valence-corrected chi connectivity index (χ3v) is 9.19. The van der Waals surface area contributed by atoms with Crippen LogP contribution in [0.25, 0.3) is 0 Å². The van der Waals surface area contributed by atoms with Crippen molar-refractivity contribution in [3.05, 3.63) is 18.0 Å². The first-order chi connectivity index (χ1) is 10.7. The van der Waals surface area contributed by atoms with Gasteiger partial charge in [0.2, 0.25) is 5.95 Å². The number of anilines is 1. The molecule has 1 aliphatic rings. The summed E-state index contributed by atoms with van der Waals surface area (Å²) in [5.41, 5.74) is 0.895. The Morgan fingerprint density at radius 3 is 2.83 bits per heavy atom. The van der Waals surface area contributed by atoms with Gasteiger partial charge in [0.1, 0.15) is 0 Å². The first-order valence-corrected chi connectivity index (χ1v) is 11.1. The Morgan fingerprint density at radius 2 is 2.17 bits per heavy atom. The van der Waals surface area contributed by atoms with E-state index in [4.69, 9.17) is 9.16 Å². The van der Waals surface area contributed by atoms with Crippen molar-refractivity contribution in [3.8, 4) is 0 Å². The molecule has 23 heavy (non-hydrogen) atoms. The van der Waals surface area contributed by atoms with Crippen molar-refractivity contribution in [2.75, 3.05) is 31.2 Å². The van der Waals surface area contributed by atoms with E-state index in [9.17, 15) is 5.11 Å². The molecule has 0 spiro atoms. The lowest BCUT2D eigenvalue weighted by atomic mass is 10.2. The van der Waals surface area contributed by atoms with Crippen LogP contribution in [-0.4, -0.2) is 55.8 Å². The molecule has 0 aliphatic carbocycles. The molecule has 0 saturated carbocycles. The van der Waals surface area contributed by atoms with Crippen molar-refractivity contribution in [1.82, 2.24) is 9.97 Å². The van der Waals surface area contributed by atoms with Gasteiger partial charge in [-0.25, -0.2) is 9.97 Å². The fourth-order valence-corrected chi connectivity index (χ4v) is 3.04. The average molecular weight is 340 g/mol. The number of hydrogen-bond acceptors (Lipinski definition) is 6. The second-order valence-electron chi connectivity index (χ2n) is 7.52. The first-order valence-electron chi connectivity index (χ1n) is 8.16. The van der Waals surface area contributed by atoms with E-state index in [-0.39, 0.29) is 17.7 Å². The molecule has 1 aromatic rings. The van der Waals surface area contributed by atoms with Gasteiger partial charge >= 0.3 is 0 Å². The van der Waals surface area contributed by atoms with Crippen LogP contribution in [0.2, 0.25) is 18.1 Å². The highest BCUT2D eigenvalue weighted by atomic mass is 28.4. The number of nitrogens with zero attached hydrogens (tertiary/aromatic N) is 3. The van der Waals surface area contributed by atoms with Gasteiger partial charge in [-0.1, -0.05) is 20.8 Å². The van der Waals surface area contributed by atoms with Gasteiger partial charge in [-0.2, -0.15) is 0 Å². The summed E-state index contributed by atoms with van der Waals surface area (Å²) in [6.45, 7) is 13.6. The number of aliphatic hydroxyl groups is 1. The fourth-order valence-electron chi connectivity index (χ4n) is 2.10. The summed E-state index contributed by atoms with van der Waals surface area (Å²) < 4.78 is 11.7. The number of ether oxygens (including phenoxy) is 1. The summed E-state index contributed by atoms with van der Waals surface area (Å²) in [4.78, 5) is 11.0. The zero-order valence-corrected chi connectivity index (χ0v) is 15.9. The minimum atomic E-state index is -1.79. The normalized spacial score (nSPS) is 19.9. The maximum absolute atomic E-state index is 9.25. The molecule has 0 aromatic carbocycles. The highest BCUT2D eigenvalue weighted by Crippen LogP contribution is 2.37. The highest BCUT2D eigenvalue weighted by molar-refractivity contribution is 6.74. The Kier molecular flexibility index (Phi) is 5.78. The highest BCUT2D eigenvalue weighted by Gasteiger charge is 2.37. The Labute approximate surface area is 140 Å². The van der Waals surface area contributed by atoms with Crippen molar-refractivity contribution in [2.24, 2.45) is 0 Å². The summed E-state index contributed by atoms with van der Waals surface area (Å²) in [5, 5.41) is 9.43. The number of hydrogen-bond donors (Lipinski definition) is 1. The maximum Gasteiger partial charge on any atom is 0.225 e. The van der Waals surface area contributed by atoms with Crippen LogP contribution >= 0.6 is 0 Å². The number of morpholine rings is 1. The van der Waals surface area contributed by atoms with Gasteiger partial charge in [-0.3, -0.25) is 0 Å². The quantitative estimate of drug-likeness (QED) is 0.830. The first kappa shape index (κ1) is 18.3. The van der Waals surface area contributed by atoms with Gasteiger partial charge in [-0.15, -0.1) is 0 Å². The fraction of sp³-hybridized carbons (Fsp3) is 0.750. The third-order valence-electron chi connectivity index (χ3n) is 4.71. The smallest absolute Gasteiger partial charge is 0.225 e. The van der Waals surface area contributed by atoms with Gasteiger partial charge < -0.3 is 19.2 Å². The molecule has 2 heterocycles. The van der Waals surface area contributed by atoms with Crippen molar-refractivity contribution >= 4 is 14.3 Å². The molecule has 130 valence electrons. The predicted molar refractivity (Wildman–Crippen MR) is 93.1 cm³/mol. The van der Waals surface area contributed by atoms with Crippen LogP contribution in [0.3, 0.4) is 0 Å². The van der Waals surface area contributed by atoms with Crippen molar-refractivity contribution < 1.29 is 14.3 Å². The third kappa shape index (κ3) is 4.73. The van der Waals surface area contributed by atoms with Crippen molar-refractivity contribution in [3.63, 3.8) is 0 Å². The topological polar surface area (TPSA) is 67.7 Å². The molecule has 6 nitrogen and oxygen atoms in total. The van der Waals surface area contributed by atoms with E-state index in [0.717, 1.165) is 12.2 Å². The summed E-state index contributed by atoms with van der Waals surface area (Å²) in [7, 11) is -1.79. The van der Waals surface area contributed by atoms with E-state index in [1.807, 2.05) is 6.07 Å². The van der Waals surface area contributed by atoms with Crippen molar-refractivity contribution in [2.45, 2.75) is 51.6 Å². The van der Waals surface area contributed by atoms with E-state index in [2.05, 4.69) is 48.7 Å². The Bertz CT molecular complexity index is 520. The van der Waals surface area contributed by atoms with Gasteiger partial charge in [-0.05, 0) is 24.2 Å². The maximum atomic E-state index is 9.25. The standard InChI is InChI=1S/C16H29N3O3Si/c1-16(2,3)23(4,5)22-12-13-6-7-17-15(18-13)19-8-9-21-14(10-19)11-20/h6-7,14,20H,8-12H2,1-5H3. The minimum absolute atomic E-state index is 0.0185. The summed E-state index contributed by atoms with van der Waals surface area (Å²) in [6, 6.07) is 1.90. The molecule has 0 radical (unpaired) electrons. The Balaban J connectivity index is 2.03.